The van der Waals surface area contributed by atoms with E-state index in [1.807, 2.05) is 0 Å². The third-order valence-corrected chi connectivity index (χ3v) is 6.30. The van der Waals surface area contributed by atoms with Gasteiger partial charge in [-0.3, -0.25) is 0 Å². The topological polar surface area (TPSA) is 148 Å². The van der Waals surface area contributed by atoms with Gasteiger partial charge in [0.1, 0.15) is 28.2 Å². The van der Waals surface area contributed by atoms with E-state index >= 15 is 0 Å². The van der Waals surface area contributed by atoms with Gasteiger partial charge in [0.2, 0.25) is 0 Å². The molecule has 3 heterocycles. The Morgan fingerprint density at radius 2 is 1.21 bits per heavy atom. The van der Waals surface area contributed by atoms with Gasteiger partial charge in [0.25, 0.3) is 5.69 Å². The van der Waals surface area contributed by atoms with Crippen LogP contribution < -0.4 is 20.9 Å². The number of hydrogen-bond donors (Lipinski definition) is 3. The maximum atomic E-state index is 13.5. The summed E-state index contributed by atoms with van der Waals surface area (Å²) in [5.41, 5.74) is -4.17. The summed E-state index contributed by atoms with van der Waals surface area (Å²) in [4.78, 5) is 26.3. The Balaban J connectivity index is 1.81. The molecule has 9 heteroatoms. The number of phenols is 2. The molecule has 9 nitrogen and oxygen atoms in total. The SMILES string of the molecule is O=c1oc2ccccc2c([O-])c1-c1c(O)cc(-[n+]2ccccc2)c(O)c1-c1c(O)c2ccccc2oc1=O. The molecule has 0 radical (unpaired) electrons. The minimum atomic E-state index is -1.10. The Kier molecular flexibility index (Phi) is 5.13. The van der Waals surface area contributed by atoms with E-state index in [0.717, 1.165) is 6.07 Å². The maximum Gasteiger partial charge on any atom is 0.348 e. The van der Waals surface area contributed by atoms with Crippen LogP contribution in [0.15, 0.2) is 104 Å². The van der Waals surface area contributed by atoms with E-state index in [2.05, 4.69) is 0 Å². The van der Waals surface area contributed by atoms with Gasteiger partial charge in [-0.15, -0.1) is 0 Å². The highest BCUT2D eigenvalue weighted by Crippen LogP contribution is 2.50. The number of nitrogens with zero attached hydrogens (tertiary/aromatic N) is 1. The fourth-order valence-electron chi connectivity index (χ4n) is 4.59. The van der Waals surface area contributed by atoms with Crippen molar-refractivity contribution in [3.63, 3.8) is 0 Å². The molecule has 0 aliphatic rings. The quantitative estimate of drug-likeness (QED) is 0.187. The van der Waals surface area contributed by atoms with Gasteiger partial charge in [-0.2, -0.15) is 4.57 Å². The molecule has 38 heavy (non-hydrogen) atoms. The molecule has 186 valence electrons. The molecule has 0 unspecified atom stereocenters. The van der Waals surface area contributed by atoms with Crippen LogP contribution in [0.25, 0.3) is 49.9 Å². The fraction of sp³-hybridized carbons (Fsp3) is 0. The first kappa shape index (κ1) is 22.9. The van der Waals surface area contributed by atoms with E-state index in [4.69, 9.17) is 8.83 Å². The highest BCUT2D eigenvalue weighted by molar-refractivity contribution is 6.02. The highest BCUT2D eigenvalue weighted by Gasteiger charge is 2.32. The number of aromatic hydroxyl groups is 3. The zero-order chi connectivity index (χ0) is 26.6. The van der Waals surface area contributed by atoms with Crippen molar-refractivity contribution in [3.05, 3.63) is 106 Å². The summed E-state index contributed by atoms with van der Waals surface area (Å²) in [6, 6.07) is 18.4. The lowest BCUT2D eigenvalue weighted by Gasteiger charge is -2.20. The van der Waals surface area contributed by atoms with Gasteiger partial charge < -0.3 is 29.3 Å². The molecule has 0 amide bonds. The zero-order valence-corrected chi connectivity index (χ0v) is 19.4. The summed E-state index contributed by atoms with van der Waals surface area (Å²) < 4.78 is 12.2. The lowest BCUT2D eigenvalue weighted by molar-refractivity contribution is -0.596. The van der Waals surface area contributed by atoms with Crippen molar-refractivity contribution in [2.75, 3.05) is 0 Å². The number of pyridine rings is 1. The third kappa shape index (κ3) is 3.37. The van der Waals surface area contributed by atoms with Gasteiger partial charge in [-0.05, 0) is 18.2 Å². The standard InChI is InChI=1S/C29H17NO8/c31-18-14-17(30-12-6-1-7-13-30)27(34)22(24-26(33)16-9-3-5-11-20(16)38-29(24)36)21(18)23-25(32)15-8-2-4-10-19(15)37-28(23)35/h1-14H,(H3-,31,32,33,34,35,36). The molecular weight excluding hydrogens is 490 g/mol. The molecule has 3 aromatic carbocycles. The Morgan fingerprint density at radius 1 is 0.632 bits per heavy atom. The molecule has 0 spiro atoms. The Hall–Kier alpha value is -5.57. The molecule has 0 fully saturated rings. The number of fused-ring (bicyclic) bond motifs is 2. The van der Waals surface area contributed by atoms with Gasteiger partial charge in [0.05, 0.1) is 22.6 Å². The Labute approximate surface area is 213 Å². The van der Waals surface area contributed by atoms with Crippen molar-refractivity contribution in [1.82, 2.24) is 0 Å². The molecule has 0 aliphatic heterocycles. The van der Waals surface area contributed by atoms with Crippen molar-refractivity contribution in [1.29, 1.82) is 0 Å². The van der Waals surface area contributed by atoms with E-state index in [1.165, 1.54) is 28.8 Å². The number of phenolic OH excluding ortho intramolecular Hbond substituents is 2. The van der Waals surface area contributed by atoms with Gasteiger partial charge in [-0.25, -0.2) is 9.59 Å². The summed E-state index contributed by atoms with van der Waals surface area (Å²) in [6.07, 6.45) is 3.15. The summed E-state index contributed by atoms with van der Waals surface area (Å²) in [6.45, 7) is 0. The molecule has 3 aromatic heterocycles. The highest BCUT2D eigenvalue weighted by atomic mass is 16.4. The van der Waals surface area contributed by atoms with Crippen molar-refractivity contribution in [3.8, 4) is 50.9 Å². The van der Waals surface area contributed by atoms with E-state index in [-0.39, 0.29) is 27.6 Å². The van der Waals surface area contributed by atoms with Crippen LogP contribution in [0.3, 0.4) is 0 Å². The molecule has 0 aliphatic carbocycles. The second-order valence-corrected chi connectivity index (χ2v) is 8.50. The first-order valence-electron chi connectivity index (χ1n) is 11.4. The van der Waals surface area contributed by atoms with Crippen molar-refractivity contribution in [2.45, 2.75) is 0 Å². The second-order valence-electron chi connectivity index (χ2n) is 8.50. The third-order valence-electron chi connectivity index (χ3n) is 6.30. The van der Waals surface area contributed by atoms with Crippen LogP contribution in [0.2, 0.25) is 0 Å². The van der Waals surface area contributed by atoms with Crippen LogP contribution in [0.4, 0.5) is 0 Å². The number of para-hydroxylation sites is 2. The van der Waals surface area contributed by atoms with Crippen molar-refractivity contribution in [2.24, 2.45) is 0 Å². The molecule has 6 aromatic rings. The normalized spacial score (nSPS) is 11.3. The number of benzene rings is 3. The molecule has 0 bridgehead atoms. The number of hydrogen-bond acceptors (Lipinski definition) is 8. The summed E-state index contributed by atoms with van der Waals surface area (Å²) in [5.74, 6) is -2.58. The predicted molar refractivity (Wildman–Crippen MR) is 135 cm³/mol. The molecule has 6 rings (SSSR count). The lowest BCUT2D eigenvalue weighted by Crippen LogP contribution is -2.29. The summed E-state index contributed by atoms with van der Waals surface area (Å²) in [5, 5.41) is 47.6. The first-order valence-corrected chi connectivity index (χ1v) is 11.4. The van der Waals surface area contributed by atoms with Crippen LogP contribution in [0, 0.1) is 0 Å². The van der Waals surface area contributed by atoms with Crippen molar-refractivity contribution < 1.29 is 33.8 Å². The van der Waals surface area contributed by atoms with Gasteiger partial charge in [0.15, 0.2) is 18.1 Å². The molecule has 0 saturated heterocycles. The maximum absolute atomic E-state index is 13.5. The number of aromatic nitrogens is 1. The largest absolute Gasteiger partial charge is 0.871 e. The Morgan fingerprint density at radius 3 is 1.89 bits per heavy atom. The predicted octanol–water partition coefficient (Wildman–Crippen LogP) is 3.70. The summed E-state index contributed by atoms with van der Waals surface area (Å²) >= 11 is 0. The average molecular weight is 507 g/mol. The van der Waals surface area contributed by atoms with Gasteiger partial charge in [0, 0.05) is 23.1 Å². The van der Waals surface area contributed by atoms with E-state index < -0.39 is 56.5 Å². The van der Waals surface area contributed by atoms with Gasteiger partial charge >= 0.3 is 11.3 Å². The fourth-order valence-corrected chi connectivity index (χ4v) is 4.59. The second kappa shape index (κ2) is 8.52. The summed E-state index contributed by atoms with van der Waals surface area (Å²) in [7, 11) is 0. The monoisotopic (exact) mass is 507 g/mol. The molecule has 0 saturated carbocycles. The van der Waals surface area contributed by atoms with Crippen LogP contribution >= 0.6 is 0 Å². The zero-order valence-electron chi connectivity index (χ0n) is 19.4. The molecule has 3 N–H and O–H groups in total. The molecule has 0 atom stereocenters. The minimum Gasteiger partial charge on any atom is -0.871 e. The Bertz CT molecular complexity index is 2010. The minimum absolute atomic E-state index is 0.00596. The molecular formula is C29H17NO8. The lowest BCUT2D eigenvalue weighted by atomic mass is 9.91. The smallest absolute Gasteiger partial charge is 0.348 e. The van der Waals surface area contributed by atoms with E-state index in [9.17, 15) is 30.0 Å². The first-order chi connectivity index (χ1) is 18.4. The van der Waals surface area contributed by atoms with Crippen molar-refractivity contribution >= 4 is 21.9 Å². The average Bonchev–Trinajstić information content (AvgIpc) is 2.92. The van der Waals surface area contributed by atoms with Crippen LogP contribution in [-0.2, 0) is 0 Å². The van der Waals surface area contributed by atoms with E-state index in [0.29, 0.717) is 0 Å². The van der Waals surface area contributed by atoms with Crippen LogP contribution in [0.1, 0.15) is 0 Å². The van der Waals surface area contributed by atoms with Gasteiger partial charge in [-0.1, -0.05) is 42.1 Å². The van der Waals surface area contributed by atoms with E-state index in [1.54, 1.807) is 54.9 Å². The van der Waals surface area contributed by atoms with Crippen LogP contribution in [0.5, 0.6) is 23.0 Å². The number of rotatable bonds is 3. The van der Waals surface area contributed by atoms with Crippen LogP contribution in [-0.4, -0.2) is 15.3 Å².